The molecule has 0 saturated heterocycles. The van der Waals surface area contributed by atoms with Gasteiger partial charge in [0, 0.05) is 0 Å². The first kappa shape index (κ1) is 15.7. The Bertz CT molecular complexity index is 569. The maximum absolute atomic E-state index is 7.12. The van der Waals surface area contributed by atoms with Crippen LogP contribution in [-0.4, -0.2) is 0 Å². The monoisotopic (exact) mass is 312 g/mol. The largest absolute Gasteiger partial charge is 0.197 e. The lowest BCUT2D eigenvalue weighted by Crippen LogP contribution is -2.22. The third-order valence-corrected chi connectivity index (χ3v) is 4.17. The first-order valence-electron chi connectivity index (χ1n) is 6.67. The quantitative estimate of drug-likeness (QED) is 0.453. The van der Waals surface area contributed by atoms with Crippen LogP contribution in [0.4, 0.5) is 0 Å². The van der Waals surface area contributed by atoms with Gasteiger partial charge in [-0.2, -0.15) is 13.5 Å². The van der Waals surface area contributed by atoms with E-state index in [1.165, 1.54) is 0 Å². The molecule has 0 N–H and O–H groups in total. The van der Waals surface area contributed by atoms with E-state index in [0.29, 0.717) is 0 Å². The summed E-state index contributed by atoms with van der Waals surface area (Å²) in [5.74, 6) is 0. The van der Waals surface area contributed by atoms with Crippen LogP contribution < -0.4 is 0 Å². The summed E-state index contributed by atoms with van der Waals surface area (Å²) in [7, 11) is 0. The molecule has 106 valence electrons. The van der Waals surface area contributed by atoms with Gasteiger partial charge in [-0.3, -0.25) is 0 Å². The summed E-state index contributed by atoms with van der Waals surface area (Å²) < 4.78 is 0. The van der Waals surface area contributed by atoms with E-state index in [4.69, 9.17) is 11.6 Å². The number of rotatable bonds is 3. The highest BCUT2D eigenvalue weighted by Gasteiger charge is 2.33. The maximum atomic E-state index is 7.12. The van der Waals surface area contributed by atoms with E-state index in [-0.39, 0.29) is 13.5 Å². The van der Waals surface area contributed by atoms with Gasteiger partial charge in [-0.05, 0) is 16.7 Å². The number of hydrogen-bond donors (Lipinski definition) is 0. The van der Waals surface area contributed by atoms with Crippen molar-refractivity contribution in [1.29, 1.82) is 0 Å². The molecule has 21 heavy (non-hydrogen) atoms. The Kier molecular flexibility index (Phi) is 5.11. The molecule has 3 aromatic carbocycles. The molecule has 0 radical (unpaired) electrons. The van der Waals surface area contributed by atoms with E-state index in [0.717, 1.165) is 16.7 Å². The zero-order chi connectivity index (χ0) is 13.8. The third-order valence-electron chi connectivity index (χ3n) is 3.51. The Hall–Kier alpha value is -1.70. The van der Waals surface area contributed by atoms with Crippen LogP contribution in [0.2, 0.25) is 0 Å². The molecule has 3 rings (SSSR count). The van der Waals surface area contributed by atoms with Gasteiger partial charge in [0.05, 0.1) is 0 Å². The standard InChI is InChI=1S/C19H15Cl.H2S/c20-19(16-10-4-1-5-11-16,17-12-6-2-7-13-17)18-14-8-3-9-15-18;/h1-15H;1H2. The first-order valence-corrected chi connectivity index (χ1v) is 7.05. The third kappa shape index (κ3) is 2.99. The van der Waals surface area contributed by atoms with E-state index >= 15 is 0 Å². The first-order chi connectivity index (χ1) is 9.82. The van der Waals surface area contributed by atoms with E-state index < -0.39 is 4.87 Å². The molecule has 0 aliphatic carbocycles. The van der Waals surface area contributed by atoms with Crippen molar-refractivity contribution >= 4 is 25.1 Å². The average molecular weight is 313 g/mol. The van der Waals surface area contributed by atoms with Crippen LogP contribution in [0.5, 0.6) is 0 Å². The van der Waals surface area contributed by atoms with Gasteiger partial charge in [0.2, 0.25) is 0 Å². The van der Waals surface area contributed by atoms with Gasteiger partial charge in [0.25, 0.3) is 0 Å². The molecule has 0 aliphatic heterocycles. The van der Waals surface area contributed by atoms with Crippen molar-refractivity contribution in [2.75, 3.05) is 0 Å². The van der Waals surface area contributed by atoms with Gasteiger partial charge in [0.1, 0.15) is 4.87 Å². The van der Waals surface area contributed by atoms with Crippen molar-refractivity contribution in [2.24, 2.45) is 0 Å². The zero-order valence-corrected chi connectivity index (χ0v) is 13.3. The highest BCUT2D eigenvalue weighted by atomic mass is 35.5. The van der Waals surface area contributed by atoms with Crippen molar-refractivity contribution in [2.45, 2.75) is 4.87 Å². The van der Waals surface area contributed by atoms with Crippen LogP contribution in [0, 0.1) is 0 Å². The predicted octanol–water partition coefficient (Wildman–Crippen LogP) is 5.33. The van der Waals surface area contributed by atoms with Crippen molar-refractivity contribution in [3.8, 4) is 0 Å². The van der Waals surface area contributed by atoms with Crippen LogP contribution in [0.1, 0.15) is 16.7 Å². The predicted molar refractivity (Wildman–Crippen MR) is 95.4 cm³/mol. The Morgan fingerprint density at radius 3 is 0.952 bits per heavy atom. The SMILES string of the molecule is ClC(c1ccccc1)(c1ccccc1)c1ccccc1.S. The van der Waals surface area contributed by atoms with Gasteiger partial charge in [-0.15, -0.1) is 11.6 Å². The van der Waals surface area contributed by atoms with Gasteiger partial charge < -0.3 is 0 Å². The van der Waals surface area contributed by atoms with Gasteiger partial charge in [0.15, 0.2) is 0 Å². The van der Waals surface area contributed by atoms with Crippen LogP contribution >= 0.6 is 25.1 Å². The minimum absolute atomic E-state index is 0. The van der Waals surface area contributed by atoms with Crippen molar-refractivity contribution in [1.82, 2.24) is 0 Å². The van der Waals surface area contributed by atoms with E-state index in [1.807, 2.05) is 54.6 Å². The number of hydrogen-bond acceptors (Lipinski definition) is 0. The second-order valence-corrected chi connectivity index (χ2v) is 5.32. The summed E-state index contributed by atoms with van der Waals surface area (Å²) in [5.41, 5.74) is 3.25. The minimum atomic E-state index is -0.649. The van der Waals surface area contributed by atoms with Crippen molar-refractivity contribution in [3.05, 3.63) is 108 Å². The topological polar surface area (TPSA) is 0 Å². The molecule has 0 atom stereocenters. The minimum Gasteiger partial charge on any atom is -0.197 e. The summed E-state index contributed by atoms with van der Waals surface area (Å²) >= 11 is 7.12. The van der Waals surface area contributed by atoms with E-state index in [9.17, 15) is 0 Å². The lowest BCUT2D eigenvalue weighted by Gasteiger charge is -2.29. The molecule has 0 aliphatic rings. The average Bonchev–Trinajstić information content (AvgIpc) is 2.56. The van der Waals surface area contributed by atoms with Gasteiger partial charge in [-0.1, -0.05) is 91.0 Å². The molecular weight excluding hydrogens is 296 g/mol. The molecule has 2 heteroatoms. The fourth-order valence-electron chi connectivity index (χ4n) is 2.50. The highest BCUT2D eigenvalue weighted by molar-refractivity contribution is 7.59. The molecule has 0 saturated carbocycles. The van der Waals surface area contributed by atoms with Crippen LogP contribution in [0.15, 0.2) is 91.0 Å². The number of halogens is 1. The van der Waals surface area contributed by atoms with Crippen LogP contribution in [0.25, 0.3) is 0 Å². The van der Waals surface area contributed by atoms with Crippen molar-refractivity contribution in [3.63, 3.8) is 0 Å². The molecule has 0 fully saturated rings. The summed E-state index contributed by atoms with van der Waals surface area (Å²) in [6.07, 6.45) is 0. The maximum Gasteiger partial charge on any atom is 0.119 e. The van der Waals surface area contributed by atoms with Gasteiger partial charge in [-0.25, -0.2) is 0 Å². The fourth-order valence-corrected chi connectivity index (χ4v) is 2.88. The lowest BCUT2D eigenvalue weighted by molar-refractivity contribution is 0.879. The molecule has 0 spiro atoms. The molecule has 0 nitrogen and oxygen atoms in total. The van der Waals surface area contributed by atoms with Crippen LogP contribution in [0.3, 0.4) is 0 Å². The van der Waals surface area contributed by atoms with Crippen molar-refractivity contribution < 1.29 is 0 Å². The Labute approximate surface area is 137 Å². The molecule has 0 aromatic heterocycles. The van der Waals surface area contributed by atoms with Crippen LogP contribution in [-0.2, 0) is 4.87 Å². The number of benzene rings is 3. The lowest BCUT2D eigenvalue weighted by atomic mass is 9.84. The molecule has 0 heterocycles. The summed E-state index contributed by atoms with van der Waals surface area (Å²) in [6, 6.07) is 30.6. The fraction of sp³-hybridized carbons (Fsp3) is 0.0526. The molecule has 0 amide bonds. The summed E-state index contributed by atoms with van der Waals surface area (Å²) in [6.45, 7) is 0. The van der Waals surface area contributed by atoms with Gasteiger partial charge >= 0.3 is 0 Å². The Balaban J connectivity index is 0.00000161. The normalized spacial score (nSPS) is 10.7. The molecule has 0 bridgehead atoms. The summed E-state index contributed by atoms with van der Waals surface area (Å²) in [5, 5.41) is 0. The second kappa shape index (κ2) is 6.84. The Morgan fingerprint density at radius 2 is 0.714 bits per heavy atom. The molecular formula is C19H17ClS. The smallest absolute Gasteiger partial charge is 0.119 e. The highest BCUT2D eigenvalue weighted by Crippen LogP contribution is 2.42. The number of alkyl halides is 1. The zero-order valence-electron chi connectivity index (χ0n) is 11.5. The second-order valence-electron chi connectivity index (χ2n) is 4.76. The van der Waals surface area contributed by atoms with E-state index in [1.54, 1.807) is 0 Å². The molecule has 0 unspecified atom stereocenters. The summed E-state index contributed by atoms with van der Waals surface area (Å²) in [4.78, 5) is -0.649. The van der Waals surface area contributed by atoms with E-state index in [2.05, 4.69) is 36.4 Å². The Morgan fingerprint density at radius 1 is 0.476 bits per heavy atom. The molecule has 3 aromatic rings.